The first kappa shape index (κ1) is 17.1. The Morgan fingerprint density at radius 1 is 1.11 bits per heavy atom. The number of carbonyl (C=O) groups excluding carboxylic acids is 2. The van der Waals surface area contributed by atoms with Crippen LogP contribution in [0.3, 0.4) is 0 Å². The van der Waals surface area contributed by atoms with Crippen LogP contribution in [0.15, 0.2) is 0 Å². The van der Waals surface area contributed by atoms with Gasteiger partial charge in [-0.2, -0.15) is 0 Å². The van der Waals surface area contributed by atoms with Gasteiger partial charge in [0.05, 0.1) is 12.1 Å². The highest BCUT2D eigenvalue weighted by molar-refractivity contribution is 5.84. The third-order valence-electron chi connectivity index (χ3n) is 2.49. The standard InChI is InChI=1S/C14H28N2O2/c1-13(2,3)7-10(9-17)16-12(18)11(15)8-14(4,5)6/h9-11H,7-8,15H2,1-6H3,(H,16,18)/t10-,11+/m0/s1. The predicted molar refractivity (Wildman–Crippen MR) is 74.1 cm³/mol. The Hall–Kier alpha value is -0.900. The summed E-state index contributed by atoms with van der Waals surface area (Å²) in [4.78, 5) is 22.9. The molecule has 0 rings (SSSR count). The third kappa shape index (κ3) is 8.23. The molecule has 0 aromatic heterocycles. The zero-order valence-corrected chi connectivity index (χ0v) is 12.5. The van der Waals surface area contributed by atoms with Crippen molar-refractivity contribution in [3.63, 3.8) is 0 Å². The number of hydrogen-bond acceptors (Lipinski definition) is 3. The largest absolute Gasteiger partial charge is 0.345 e. The number of carbonyl (C=O) groups is 2. The highest BCUT2D eigenvalue weighted by Crippen LogP contribution is 2.21. The smallest absolute Gasteiger partial charge is 0.237 e. The molecule has 4 heteroatoms. The first-order valence-corrected chi connectivity index (χ1v) is 6.46. The summed E-state index contributed by atoms with van der Waals surface area (Å²) in [6.45, 7) is 12.2. The topological polar surface area (TPSA) is 72.2 Å². The average Bonchev–Trinajstić information content (AvgIpc) is 2.11. The van der Waals surface area contributed by atoms with Crippen molar-refractivity contribution < 1.29 is 9.59 Å². The van der Waals surface area contributed by atoms with Crippen LogP contribution in [0, 0.1) is 10.8 Å². The summed E-state index contributed by atoms with van der Waals surface area (Å²) in [5.41, 5.74) is 5.83. The van der Waals surface area contributed by atoms with E-state index < -0.39 is 12.1 Å². The molecular weight excluding hydrogens is 228 g/mol. The Morgan fingerprint density at radius 3 is 1.89 bits per heavy atom. The fourth-order valence-electron chi connectivity index (χ4n) is 1.84. The predicted octanol–water partition coefficient (Wildman–Crippen LogP) is 1.87. The molecule has 0 aromatic carbocycles. The van der Waals surface area contributed by atoms with Crippen molar-refractivity contribution in [3.05, 3.63) is 0 Å². The zero-order chi connectivity index (χ0) is 14.6. The number of nitrogens with two attached hydrogens (primary N) is 1. The minimum atomic E-state index is -0.563. The van der Waals surface area contributed by atoms with Gasteiger partial charge in [-0.25, -0.2) is 0 Å². The summed E-state index contributed by atoms with van der Waals surface area (Å²) in [7, 11) is 0. The van der Waals surface area contributed by atoms with E-state index in [1.807, 2.05) is 41.5 Å². The van der Waals surface area contributed by atoms with Crippen molar-refractivity contribution >= 4 is 12.2 Å². The Labute approximate surface area is 111 Å². The molecule has 2 atom stereocenters. The summed E-state index contributed by atoms with van der Waals surface area (Å²) in [5, 5.41) is 2.71. The van der Waals surface area contributed by atoms with Gasteiger partial charge in [-0.15, -0.1) is 0 Å². The number of aldehydes is 1. The summed E-state index contributed by atoms with van der Waals surface area (Å²) in [6, 6.07) is -1.02. The highest BCUT2D eigenvalue weighted by Gasteiger charge is 2.25. The van der Waals surface area contributed by atoms with E-state index >= 15 is 0 Å². The Bertz CT molecular complexity index is 287. The summed E-state index contributed by atoms with van der Waals surface area (Å²) in [5.74, 6) is -0.244. The molecule has 0 aliphatic carbocycles. The van der Waals surface area contributed by atoms with E-state index in [0.717, 1.165) is 6.29 Å². The van der Waals surface area contributed by atoms with Crippen LogP contribution < -0.4 is 11.1 Å². The van der Waals surface area contributed by atoms with Gasteiger partial charge in [-0.05, 0) is 23.7 Å². The number of rotatable bonds is 5. The molecule has 3 N–H and O–H groups in total. The maximum absolute atomic E-state index is 11.9. The molecule has 0 fully saturated rings. The van der Waals surface area contributed by atoms with Crippen molar-refractivity contribution in [2.24, 2.45) is 16.6 Å². The van der Waals surface area contributed by atoms with E-state index in [1.165, 1.54) is 0 Å². The van der Waals surface area contributed by atoms with Gasteiger partial charge >= 0.3 is 0 Å². The summed E-state index contributed by atoms with van der Waals surface area (Å²) >= 11 is 0. The molecule has 0 bridgehead atoms. The van der Waals surface area contributed by atoms with E-state index in [-0.39, 0.29) is 16.7 Å². The van der Waals surface area contributed by atoms with Gasteiger partial charge in [0.15, 0.2) is 0 Å². The minimum absolute atomic E-state index is 0.00252. The molecule has 0 saturated heterocycles. The van der Waals surface area contributed by atoms with E-state index in [4.69, 9.17) is 5.73 Å². The highest BCUT2D eigenvalue weighted by atomic mass is 16.2. The second-order valence-corrected chi connectivity index (χ2v) is 7.39. The van der Waals surface area contributed by atoms with Gasteiger partial charge in [-0.1, -0.05) is 41.5 Å². The monoisotopic (exact) mass is 256 g/mol. The van der Waals surface area contributed by atoms with Crippen LogP contribution in [0.2, 0.25) is 0 Å². The van der Waals surface area contributed by atoms with Crippen molar-refractivity contribution in [1.82, 2.24) is 5.32 Å². The van der Waals surface area contributed by atoms with Crippen LogP contribution in [-0.4, -0.2) is 24.3 Å². The van der Waals surface area contributed by atoms with Crippen LogP contribution in [0.4, 0.5) is 0 Å². The van der Waals surface area contributed by atoms with E-state index in [1.54, 1.807) is 0 Å². The number of nitrogens with one attached hydrogen (secondary N) is 1. The number of amides is 1. The molecule has 0 saturated carbocycles. The number of hydrogen-bond donors (Lipinski definition) is 2. The SMILES string of the molecule is CC(C)(C)C[C@@H](C=O)NC(=O)[C@H](N)CC(C)(C)C. The van der Waals surface area contributed by atoms with Crippen LogP contribution in [0.5, 0.6) is 0 Å². The molecule has 4 nitrogen and oxygen atoms in total. The average molecular weight is 256 g/mol. The molecule has 0 aliphatic rings. The molecule has 18 heavy (non-hydrogen) atoms. The van der Waals surface area contributed by atoms with Crippen LogP contribution >= 0.6 is 0 Å². The minimum Gasteiger partial charge on any atom is -0.345 e. The van der Waals surface area contributed by atoms with Crippen LogP contribution in [0.1, 0.15) is 54.4 Å². The Morgan fingerprint density at radius 2 is 1.56 bits per heavy atom. The normalized spacial score (nSPS) is 15.9. The first-order valence-electron chi connectivity index (χ1n) is 6.46. The summed E-state index contributed by atoms with van der Waals surface area (Å²) < 4.78 is 0. The van der Waals surface area contributed by atoms with E-state index in [9.17, 15) is 9.59 Å². The Balaban J connectivity index is 4.40. The maximum Gasteiger partial charge on any atom is 0.237 e. The van der Waals surface area contributed by atoms with Gasteiger partial charge in [0.1, 0.15) is 6.29 Å². The van der Waals surface area contributed by atoms with Gasteiger partial charge < -0.3 is 15.8 Å². The van der Waals surface area contributed by atoms with Gasteiger partial charge in [0, 0.05) is 0 Å². The van der Waals surface area contributed by atoms with Crippen LogP contribution in [0.25, 0.3) is 0 Å². The lowest BCUT2D eigenvalue weighted by atomic mass is 9.87. The fraction of sp³-hybridized carbons (Fsp3) is 0.857. The third-order valence-corrected chi connectivity index (χ3v) is 2.49. The molecule has 0 unspecified atom stereocenters. The second-order valence-electron chi connectivity index (χ2n) is 7.39. The van der Waals surface area contributed by atoms with Crippen LogP contribution in [-0.2, 0) is 9.59 Å². The lowest BCUT2D eigenvalue weighted by molar-refractivity contribution is -0.126. The molecule has 0 aromatic rings. The Kier molecular flexibility index (Phi) is 6.00. The molecule has 0 radical (unpaired) electrons. The molecule has 0 spiro atoms. The lowest BCUT2D eigenvalue weighted by Gasteiger charge is -2.26. The van der Waals surface area contributed by atoms with E-state index in [0.29, 0.717) is 12.8 Å². The molecule has 106 valence electrons. The second kappa shape index (κ2) is 6.32. The molecule has 1 amide bonds. The van der Waals surface area contributed by atoms with Crippen molar-refractivity contribution in [2.75, 3.05) is 0 Å². The fourth-order valence-corrected chi connectivity index (χ4v) is 1.84. The summed E-state index contributed by atoms with van der Waals surface area (Å²) in [6.07, 6.45) is 2.00. The molecular formula is C14H28N2O2. The van der Waals surface area contributed by atoms with Gasteiger partial charge in [0.2, 0.25) is 5.91 Å². The van der Waals surface area contributed by atoms with Crippen molar-refractivity contribution in [1.29, 1.82) is 0 Å². The molecule has 0 heterocycles. The quantitative estimate of drug-likeness (QED) is 0.738. The first-order chi connectivity index (χ1) is 7.94. The zero-order valence-electron chi connectivity index (χ0n) is 12.5. The lowest BCUT2D eigenvalue weighted by Crippen LogP contribution is -2.48. The van der Waals surface area contributed by atoms with Crippen molar-refractivity contribution in [2.45, 2.75) is 66.5 Å². The van der Waals surface area contributed by atoms with Crippen molar-refractivity contribution in [3.8, 4) is 0 Å². The molecule has 0 aliphatic heterocycles. The maximum atomic E-state index is 11.9. The van der Waals surface area contributed by atoms with Gasteiger partial charge in [0.25, 0.3) is 0 Å². The van der Waals surface area contributed by atoms with Gasteiger partial charge in [-0.3, -0.25) is 4.79 Å². The van der Waals surface area contributed by atoms with E-state index in [2.05, 4.69) is 5.32 Å².